The second kappa shape index (κ2) is 6.57. The van der Waals surface area contributed by atoms with Gasteiger partial charge in [-0.3, -0.25) is 0 Å². The van der Waals surface area contributed by atoms with Gasteiger partial charge in [0.2, 0.25) is 0 Å². The van der Waals surface area contributed by atoms with Gasteiger partial charge in [0.25, 0.3) is 0 Å². The average molecular weight is 358 g/mol. The highest BCUT2D eigenvalue weighted by atomic mass is 35.5. The van der Waals surface area contributed by atoms with Crippen LogP contribution >= 0.6 is 11.6 Å². The SMILES string of the molecule is O=C(NC1CCS(=O)(=O)C1)N1CCN(c2ccccc2Cl)CC1. The third-order valence-corrected chi connectivity index (χ3v) is 6.41. The standard InChI is InChI=1S/C15H20ClN3O3S/c16-13-3-1-2-4-14(13)18-6-8-19(9-7-18)15(20)17-12-5-10-23(21,22)11-12/h1-4,12H,5-11H2,(H,17,20). The Morgan fingerprint density at radius 2 is 1.87 bits per heavy atom. The first-order chi connectivity index (χ1) is 10.9. The van der Waals surface area contributed by atoms with Crippen molar-refractivity contribution in [3.63, 3.8) is 0 Å². The molecule has 0 saturated carbocycles. The maximum absolute atomic E-state index is 12.3. The van der Waals surface area contributed by atoms with E-state index < -0.39 is 9.84 Å². The van der Waals surface area contributed by atoms with Gasteiger partial charge in [-0.1, -0.05) is 23.7 Å². The molecule has 23 heavy (non-hydrogen) atoms. The predicted octanol–water partition coefficient (Wildman–Crippen LogP) is 1.36. The van der Waals surface area contributed by atoms with Crippen LogP contribution in [0.15, 0.2) is 24.3 Å². The first-order valence-corrected chi connectivity index (χ1v) is 9.90. The van der Waals surface area contributed by atoms with Gasteiger partial charge in [0.15, 0.2) is 9.84 Å². The summed E-state index contributed by atoms with van der Waals surface area (Å²) in [7, 11) is -2.98. The maximum atomic E-state index is 12.3. The van der Waals surface area contributed by atoms with Crippen molar-refractivity contribution in [2.45, 2.75) is 12.5 Å². The van der Waals surface area contributed by atoms with Gasteiger partial charge in [0, 0.05) is 32.2 Å². The van der Waals surface area contributed by atoms with Gasteiger partial charge in [-0.25, -0.2) is 13.2 Å². The Bertz CT molecular complexity index is 687. The predicted molar refractivity (Wildman–Crippen MR) is 90.8 cm³/mol. The molecule has 2 heterocycles. The third kappa shape index (κ3) is 3.90. The van der Waals surface area contributed by atoms with E-state index in [-0.39, 0.29) is 23.6 Å². The summed E-state index contributed by atoms with van der Waals surface area (Å²) in [4.78, 5) is 16.1. The number of carbonyl (C=O) groups excluding carboxylic acids is 1. The van der Waals surface area contributed by atoms with E-state index in [1.54, 1.807) is 4.90 Å². The van der Waals surface area contributed by atoms with Crippen molar-refractivity contribution in [1.82, 2.24) is 10.2 Å². The minimum atomic E-state index is -2.98. The highest BCUT2D eigenvalue weighted by Crippen LogP contribution is 2.26. The lowest BCUT2D eigenvalue weighted by Crippen LogP contribution is -2.53. The summed E-state index contributed by atoms with van der Waals surface area (Å²) >= 11 is 6.21. The van der Waals surface area contributed by atoms with E-state index in [2.05, 4.69) is 10.2 Å². The highest BCUT2D eigenvalue weighted by Gasteiger charge is 2.31. The van der Waals surface area contributed by atoms with Gasteiger partial charge in [0.05, 0.1) is 22.2 Å². The Balaban J connectivity index is 1.53. The topological polar surface area (TPSA) is 69.7 Å². The molecular weight excluding hydrogens is 338 g/mol. The van der Waals surface area contributed by atoms with E-state index in [1.807, 2.05) is 24.3 Å². The number of carbonyl (C=O) groups is 1. The van der Waals surface area contributed by atoms with Crippen LogP contribution in [0.5, 0.6) is 0 Å². The zero-order valence-electron chi connectivity index (χ0n) is 12.7. The molecule has 0 aromatic heterocycles. The molecule has 1 unspecified atom stereocenters. The smallest absolute Gasteiger partial charge is 0.317 e. The molecule has 2 aliphatic rings. The van der Waals surface area contributed by atoms with Crippen molar-refractivity contribution < 1.29 is 13.2 Å². The largest absolute Gasteiger partial charge is 0.367 e. The molecule has 6 nitrogen and oxygen atoms in total. The van der Waals surface area contributed by atoms with Crippen LogP contribution < -0.4 is 10.2 Å². The molecular formula is C15H20ClN3O3S. The summed E-state index contributed by atoms with van der Waals surface area (Å²) in [6, 6.07) is 7.24. The lowest BCUT2D eigenvalue weighted by atomic mass is 10.2. The lowest BCUT2D eigenvalue weighted by molar-refractivity contribution is 0.191. The molecule has 2 aliphatic heterocycles. The second-order valence-electron chi connectivity index (χ2n) is 5.97. The summed E-state index contributed by atoms with van der Waals surface area (Å²) in [6.45, 7) is 2.60. The first kappa shape index (κ1) is 16.4. The van der Waals surface area contributed by atoms with Crippen molar-refractivity contribution >= 4 is 33.2 Å². The number of sulfone groups is 1. The monoisotopic (exact) mass is 357 g/mol. The summed E-state index contributed by atoms with van der Waals surface area (Å²) in [6.07, 6.45) is 0.508. The Hall–Kier alpha value is -1.47. The van der Waals surface area contributed by atoms with E-state index in [0.717, 1.165) is 5.69 Å². The number of rotatable bonds is 2. The van der Waals surface area contributed by atoms with Crippen LogP contribution in [0.3, 0.4) is 0 Å². The van der Waals surface area contributed by atoms with Gasteiger partial charge in [-0.2, -0.15) is 0 Å². The number of urea groups is 1. The molecule has 8 heteroatoms. The maximum Gasteiger partial charge on any atom is 0.317 e. The molecule has 1 aromatic carbocycles. The van der Waals surface area contributed by atoms with Crippen molar-refractivity contribution in [2.75, 3.05) is 42.6 Å². The number of benzene rings is 1. The van der Waals surface area contributed by atoms with Gasteiger partial charge in [-0.15, -0.1) is 0 Å². The quantitative estimate of drug-likeness (QED) is 0.867. The van der Waals surface area contributed by atoms with Gasteiger partial charge in [0.1, 0.15) is 0 Å². The van der Waals surface area contributed by atoms with Crippen LogP contribution in [0.4, 0.5) is 10.5 Å². The number of hydrogen-bond donors (Lipinski definition) is 1. The third-order valence-electron chi connectivity index (χ3n) is 4.32. The number of halogens is 1. The Labute approximate surface area is 141 Å². The van der Waals surface area contributed by atoms with Crippen molar-refractivity contribution in [2.24, 2.45) is 0 Å². The van der Waals surface area contributed by atoms with E-state index in [9.17, 15) is 13.2 Å². The second-order valence-corrected chi connectivity index (χ2v) is 8.61. The van der Waals surface area contributed by atoms with Gasteiger partial charge in [-0.05, 0) is 18.6 Å². The Morgan fingerprint density at radius 3 is 2.48 bits per heavy atom. The summed E-state index contributed by atoms with van der Waals surface area (Å²) < 4.78 is 22.9. The molecule has 0 radical (unpaired) electrons. The number of hydrogen-bond acceptors (Lipinski definition) is 4. The number of amides is 2. The minimum Gasteiger partial charge on any atom is -0.367 e. The number of nitrogens with zero attached hydrogens (tertiary/aromatic N) is 2. The van der Waals surface area contributed by atoms with Gasteiger partial charge < -0.3 is 15.1 Å². The van der Waals surface area contributed by atoms with Crippen LogP contribution in [0.25, 0.3) is 0 Å². The van der Waals surface area contributed by atoms with Crippen molar-refractivity contribution in [3.8, 4) is 0 Å². The van der Waals surface area contributed by atoms with E-state index in [1.165, 1.54) is 0 Å². The summed E-state index contributed by atoms with van der Waals surface area (Å²) in [5.74, 6) is 0.219. The van der Waals surface area contributed by atoms with E-state index in [0.29, 0.717) is 37.6 Å². The van der Waals surface area contributed by atoms with Crippen molar-refractivity contribution in [3.05, 3.63) is 29.3 Å². The summed E-state index contributed by atoms with van der Waals surface area (Å²) in [5.41, 5.74) is 0.983. The number of nitrogens with one attached hydrogen (secondary N) is 1. The minimum absolute atomic E-state index is 0.0539. The number of piperazine rings is 1. The Kier molecular flexibility index (Phi) is 4.68. The highest BCUT2D eigenvalue weighted by molar-refractivity contribution is 7.91. The van der Waals surface area contributed by atoms with Crippen LogP contribution in [-0.2, 0) is 9.84 Å². The fourth-order valence-electron chi connectivity index (χ4n) is 3.03. The number of para-hydroxylation sites is 1. The zero-order valence-corrected chi connectivity index (χ0v) is 14.3. The molecule has 2 fully saturated rings. The molecule has 1 N–H and O–H groups in total. The molecule has 0 aliphatic carbocycles. The Morgan fingerprint density at radius 1 is 1.17 bits per heavy atom. The average Bonchev–Trinajstić information content (AvgIpc) is 2.87. The fraction of sp³-hybridized carbons (Fsp3) is 0.533. The lowest BCUT2D eigenvalue weighted by Gasteiger charge is -2.36. The molecule has 2 amide bonds. The fourth-order valence-corrected chi connectivity index (χ4v) is 4.96. The van der Waals surface area contributed by atoms with E-state index in [4.69, 9.17) is 11.6 Å². The van der Waals surface area contributed by atoms with Crippen LogP contribution in [-0.4, -0.2) is 63.1 Å². The molecule has 126 valence electrons. The van der Waals surface area contributed by atoms with E-state index >= 15 is 0 Å². The summed E-state index contributed by atoms with van der Waals surface area (Å²) in [5, 5.41) is 3.54. The zero-order chi connectivity index (χ0) is 16.4. The molecule has 3 rings (SSSR count). The molecule has 0 bridgehead atoms. The molecule has 0 spiro atoms. The van der Waals surface area contributed by atoms with Crippen LogP contribution in [0.2, 0.25) is 5.02 Å². The van der Waals surface area contributed by atoms with Crippen LogP contribution in [0.1, 0.15) is 6.42 Å². The van der Waals surface area contributed by atoms with Crippen LogP contribution in [0, 0.1) is 0 Å². The van der Waals surface area contributed by atoms with Gasteiger partial charge >= 0.3 is 6.03 Å². The number of anilines is 1. The van der Waals surface area contributed by atoms with Crippen molar-refractivity contribution in [1.29, 1.82) is 0 Å². The molecule has 1 atom stereocenters. The normalized spacial score (nSPS) is 23.8. The molecule has 2 saturated heterocycles. The molecule has 1 aromatic rings. The first-order valence-electron chi connectivity index (χ1n) is 7.70.